The van der Waals surface area contributed by atoms with Gasteiger partial charge in [0.05, 0.1) is 5.25 Å². The normalized spacial score (nSPS) is 11.7. The molecule has 0 spiro atoms. The monoisotopic (exact) mass is 330 g/mol. The van der Waals surface area contributed by atoms with Crippen LogP contribution < -0.4 is 10.6 Å². The van der Waals surface area contributed by atoms with E-state index in [1.807, 2.05) is 24.3 Å². The minimum atomic E-state index is -0.453. The number of nitrogens with one attached hydrogen (secondary N) is 2. The van der Waals surface area contributed by atoms with Gasteiger partial charge in [-0.3, -0.25) is 10.1 Å². The van der Waals surface area contributed by atoms with Crippen LogP contribution in [0.2, 0.25) is 0 Å². The van der Waals surface area contributed by atoms with Crippen molar-refractivity contribution < 1.29 is 9.59 Å². The van der Waals surface area contributed by atoms with E-state index >= 15 is 0 Å². The number of halogens is 1. The highest BCUT2D eigenvalue weighted by molar-refractivity contribution is 9.10. The number of carbonyl (C=O) groups is 2. The number of rotatable bonds is 4. The smallest absolute Gasteiger partial charge is 0.321 e. The third-order valence-electron chi connectivity index (χ3n) is 2.07. The number of benzene rings is 1. The van der Waals surface area contributed by atoms with Crippen LogP contribution in [0.1, 0.15) is 13.8 Å². The molecule has 0 aliphatic rings. The van der Waals surface area contributed by atoms with Gasteiger partial charge in [-0.05, 0) is 38.1 Å². The van der Waals surface area contributed by atoms with Crippen molar-refractivity contribution in [1.82, 2.24) is 10.6 Å². The molecule has 0 aliphatic heterocycles. The molecule has 0 unspecified atom stereocenters. The fourth-order valence-electron chi connectivity index (χ4n) is 1.19. The number of amides is 3. The van der Waals surface area contributed by atoms with E-state index in [4.69, 9.17) is 0 Å². The number of imide groups is 1. The van der Waals surface area contributed by atoms with Gasteiger partial charge >= 0.3 is 6.03 Å². The molecule has 1 aromatic rings. The summed E-state index contributed by atoms with van der Waals surface area (Å²) in [5.41, 5.74) is 0. The number of carbonyl (C=O) groups excluding carboxylic acids is 2. The molecule has 3 amide bonds. The van der Waals surface area contributed by atoms with E-state index in [0.29, 0.717) is 6.54 Å². The van der Waals surface area contributed by atoms with Gasteiger partial charge in [0, 0.05) is 15.9 Å². The molecule has 0 aromatic heterocycles. The number of hydrogen-bond donors (Lipinski definition) is 2. The van der Waals surface area contributed by atoms with Crippen molar-refractivity contribution >= 4 is 39.6 Å². The molecule has 0 radical (unpaired) electrons. The predicted molar refractivity (Wildman–Crippen MR) is 76.7 cm³/mol. The summed E-state index contributed by atoms with van der Waals surface area (Å²) in [6.45, 7) is 4.05. The molecule has 1 aromatic carbocycles. The van der Waals surface area contributed by atoms with Gasteiger partial charge in [-0.2, -0.15) is 0 Å². The first-order valence-corrected chi connectivity index (χ1v) is 7.21. The second-order valence-corrected chi connectivity index (χ2v) is 5.89. The highest BCUT2D eigenvalue weighted by Gasteiger charge is 2.16. The Hall–Kier alpha value is -1.01. The Morgan fingerprint density at radius 1 is 1.33 bits per heavy atom. The van der Waals surface area contributed by atoms with Crippen LogP contribution in [-0.2, 0) is 4.79 Å². The molecule has 0 bridgehead atoms. The first-order valence-electron chi connectivity index (χ1n) is 5.54. The van der Waals surface area contributed by atoms with Crippen LogP contribution in [0, 0.1) is 0 Å². The summed E-state index contributed by atoms with van der Waals surface area (Å²) in [5.74, 6) is -0.297. The molecular formula is C12H15BrN2O2S. The molecule has 2 N–H and O–H groups in total. The van der Waals surface area contributed by atoms with Crippen LogP contribution in [-0.4, -0.2) is 23.7 Å². The fourth-order valence-corrected chi connectivity index (χ4v) is 2.32. The van der Waals surface area contributed by atoms with E-state index in [1.54, 1.807) is 13.8 Å². The van der Waals surface area contributed by atoms with Crippen molar-refractivity contribution in [3.05, 3.63) is 28.7 Å². The summed E-state index contributed by atoms with van der Waals surface area (Å²) in [6.07, 6.45) is 0. The predicted octanol–water partition coefficient (Wildman–Crippen LogP) is 2.78. The SMILES string of the molecule is CCNC(=O)NC(=O)[C@H](C)Sc1ccc(Br)cc1. The van der Waals surface area contributed by atoms with Crippen LogP contribution >= 0.6 is 27.7 Å². The Bertz CT molecular complexity index is 423. The largest absolute Gasteiger partial charge is 0.338 e. The van der Waals surface area contributed by atoms with E-state index < -0.39 is 6.03 Å². The Morgan fingerprint density at radius 2 is 1.94 bits per heavy atom. The second-order valence-electron chi connectivity index (χ2n) is 3.56. The summed E-state index contributed by atoms with van der Waals surface area (Å²) < 4.78 is 0.992. The van der Waals surface area contributed by atoms with Gasteiger partial charge in [0.25, 0.3) is 0 Å². The van der Waals surface area contributed by atoms with E-state index in [2.05, 4.69) is 26.6 Å². The van der Waals surface area contributed by atoms with Crippen molar-refractivity contribution in [1.29, 1.82) is 0 Å². The Balaban J connectivity index is 2.49. The Kier molecular flexibility index (Phi) is 6.21. The van der Waals surface area contributed by atoms with Crippen molar-refractivity contribution in [3.8, 4) is 0 Å². The van der Waals surface area contributed by atoms with Gasteiger partial charge in [0.2, 0.25) is 5.91 Å². The third kappa shape index (κ3) is 5.10. The summed E-state index contributed by atoms with van der Waals surface area (Å²) in [5, 5.41) is 4.48. The summed E-state index contributed by atoms with van der Waals surface area (Å²) in [7, 11) is 0. The lowest BCUT2D eigenvalue weighted by Gasteiger charge is -2.11. The molecule has 0 heterocycles. The maximum Gasteiger partial charge on any atom is 0.321 e. The lowest BCUT2D eigenvalue weighted by molar-refractivity contribution is -0.119. The van der Waals surface area contributed by atoms with E-state index in [-0.39, 0.29) is 11.2 Å². The van der Waals surface area contributed by atoms with Crippen molar-refractivity contribution in [2.45, 2.75) is 24.0 Å². The lowest BCUT2D eigenvalue weighted by Crippen LogP contribution is -2.42. The molecular weight excluding hydrogens is 316 g/mol. The number of thioether (sulfide) groups is 1. The van der Waals surface area contributed by atoms with Gasteiger partial charge in [0.15, 0.2) is 0 Å². The number of hydrogen-bond acceptors (Lipinski definition) is 3. The van der Waals surface area contributed by atoms with Crippen molar-refractivity contribution in [2.75, 3.05) is 6.54 Å². The van der Waals surface area contributed by atoms with E-state index in [0.717, 1.165) is 9.37 Å². The van der Waals surface area contributed by atoms with Crippen LogP contribution in [0.3, 0.4) is 0 Å². The van der Waals surface area contributed by atoms with Gasteiger partial charge in [-0.25, -0.2) is 4.79 Å². The maximum atomic E-state index is 11.7. The minimum Gasteiger partial charge on any atom is -0.338 e. The van der Waals surface area contributed by atoms with Gasteiger partial charge in [-0.1, -0.05) is 15.9 Å². The van der Waals surface area contributed by atoms with E-state index in [9.17, 15) is 9.59 Å². The summed E-state index contributed by atoms with van der Waals surface area (Å²) in [6, 6.07) is 7.22. The molecule has 18 heavy (non-hydrogen) atoms. The zero-order valence-electron chi connectivity index (χ0n) is 10.2. The van der Waals surface area contributed by atoms with Crippen LogP contribution in [0.5, 0.6) is 0 Å². The Morgan fingerprint density at radius 3 is 2.50 bits per heavy atom. The quantitative estimate of drug-likeness (QED) is 0.834. The summed E-state index contributed by atoms with van der Waals surface area (Å²) in [4.78, 5) is 23.9. The van der Waals surface area contributed by atoms with Crippen LogP contribution in [0.4, 0.5) is 4.79 Å². The molecule has 0 saturated carbocycles. The molecule has 0 aliphatic carbocycles. The number of urea groups is 1. The zero-order chi connectivity index (χ0) is 13.5. The average Bonchev–Trinajstić information content (AvgIpc) is 2.32. The topological polar surface area (TPSA) is 58.2 Å². The van der Waals surface area contributed by atoms with Gasteiger partial charge < -0.3 is 5.32 Å². The van der Waals surface area contributed by atoms with Crippen LogP contribution in [0.15, 0.2) is 33.6 Å². The van der Waals surface area contributed by atoms with E-state index in [1.165, 1.54) is 11.8 Å². The molecule has 4 nitrogen and oxygen atoms in total. The fraction of sp³-hybridized carbons (Fsp3) is 0.333. The standard InChI is InChI=1S/C12H15BrN2O2S/c1-3-14-12(17)15-11(16)8(2)18-10-6-4-9(13)5-7-10/h4-8H,3H2,1-2H3,(H2,14,15,16,17)/t8-/m0/s1. The molecule has 98 valence electrons. The minimum absolute atomic E-state index is 0.297. The van der Waals surface area contributed by atoms with Crippen LogP contribution in [0.25, 0.3) is 0 Å². The zero-order valence-corrected chi connectivity index (χ0v) is 12.6. The molecule has 0 saturated heterocycles. The molecule has 0 fully saturated rings. The van der Waals surface area contributed by atoms with Crippen molar-refractivity contribution in [2.24, 2.45) is 0 Å². The Labute approximate surface area is 119 Å². The first kappa shape index (κ1) is 15.0. The second kappa shape index (κ2) is 7.43. The lowest BCUT2D eigenvalue weighted by atomic mass is 10.4. The highest BCUT2D eigenvalue weighted by Crippen LogP contribution is 2.24. The van der Waals surface area contributed by atoms with Gasteiger partial charge in [0.1, 0.15) is 0 Å². The summed E-state index contributed by atoms with van der Waals surface area (Å²) >= 11 is 4.76. The van der Waals surface area contributed by atoms with Gasteiger partial charge in [-0.15, -0.1) is 11.8 Å². The first-order chi connectivity index (χ1) is 8.52. The average molecular weight is 331 g/mol. The third-order valence-corrected chi connectivity index (χ3v) is 3.71. The van der Waals surface area contributed by atoms with Crippen molar-refractivity contribution in [3.63, 3.8) is 0 Å². The molecule has 1 rings (SSSR count). The maximum absolute atomic E-state index is 11.7. The molecule has 1 atom stereocenters. The highest BCUT2D eigenvalue weighted by atomic mass is 79.9. The molecule has 6 heteroatoms.